The summed E-state index contributed by atoms with van der Waals surface area (Å²) in [4.78, 5) is 0. The van der Waals surface area contributed by atoms with Gasteiger partial charge in [-0.1, -0.05) is 36.5 Å². The lowest BCUT2D eigenvalue weighted by atomic mass is 9.97. The number of allylic oxidation sites excluding steroid dienone is 8. The lowest BCUT2D eigenvalue weighted by molar-refractivity contribution is 0.801. The second-order valence-electron chi connectivity index (χ2n) is 4.02. The minimum Gasteiger partial charge on any atom is -0.0845 e. The summed E-state index contributed by atoms with van der Waals surface area (Å²) in [6.07, 6.45) is 21.2. The SMILES string of the molecule is C1=CCCCC(C2=CC=CCCC2)=C1. The van der Waals surface area contributed by atoms with E-state index in [0.717, 1.165) is 0 Å². The molecule has 0 bridgehead atoms. The molecule has 0 radical (unpaired) electrons. The van der Waals surface area contributed by atoms with E-state index in [0.29, 0.717) is 0 Å². The van der Waals surface area contributed by atoms with E-state index in [1.807, 2.05) is 0 Å². The molecule has 0 N–H and O–H groups in total. The van der Waals surface area contributed by atoms with E-state index in [4.69, 9.17) is 0 Å². The lowest BCUT2D eigenvalue weighted by Gasteiger charge is -2.08. The Balaban J connectivity index is 2.12. The van der Waals surface area contributed by atoms with Gasteiger partial charge in [0.25, 0.3) is 0 Å². The zero-order chi connectivity index (χ0) is 9.64. The molecule has 0 saturated heterocycles. The molecule has 0 atom stereocenters. The summed E-state index contributed by atoms with van der Waals surface area (Å²) in [6, 6.07) is 0. The Labute approximate surface area is 86.7 Å². The Morgan fingerprint density at radius 3 is 1.71 bits per heavy atom. The topological polar surface area (TPSA) is 0 Å². The van der Waals surface area contributed by atoms with E-state index in [2.05, 4.69) is 36.5 Å². The van der Waals surface area contributed by atoms with Crippen LogP contribution in [0.4, 0.5) is 0 Å². The van der Waals surface area contributed by atoms with Gasteiger partial charge in [0.1, 0.15) is 0 Å². The normalized spacial score (nSPS) is 22.3. The molecule has 0 unspecified atom stereocenters. The van der Waals surface area contributed by atoms with Gasteiger partial charge in [0, 0.05) is 0 Å². The number of rotatable bonds is 1. The van der Waals surface area contributed by atoms with Crippen LogP contribution in [0.5, 0.6) is 0 Å². The van der Waals surface area contributed by atoms with Crippen molar-refractivity contribution in [2.75, 3.05) is 0 Å². The minimum atomic E-state index is 1.24. The molecule has 0 fully saturated rings. The highest BCUT2D eigenvalue weighted by Crippen LogP contribution is 2.25. The molecular weight excluding hydrogens is 168 g/mol. The fourth-order valence-electron chi connectivity index (χ4n) is 2.08. The summed E-state index contributed by atoms with van der Waals surface area (Å²) in [5.74, 6) is 0. The maximum Gasteiger partial charge on any atom is -0.0273 e. The summed E-state index contributed by atoms with van der Waals surface area (Å²) >= 11 is 0. The maximum atomic E-state index is 2.30. The van der Waals surface area contributed by atoms with Crippen LogP contribution in [0, 0.1) is 0 Å². The van der Waals surface area contributed by atoms with Crippen molar-refractivity contribution < 1.29 is 0 Å². The Morgan fingerprint density at radius 2 is 1.21 bits per heavy atom. The molecule has 2 rings (SSSR count). The Kier molecular flexibility index (Phi) is 3.39. The first-order chi connectivity index (χ1) is 6.97. The van der Waals surface area contributed by atoms with Gasteiger partial charge < -0.3 is 0 Å². The Hall–Kier alpha value is -1.04. The smallest absolute Gasteiger partial charge is 0.0273 e. The molecule has 0 heteroatoms. The predicted octanol–water partition coefficient (Wildman–Crippen LogP) is 4.32. The van der Waals surface area contributed by atoms with Crippen molar-refractivity contribution in [3.63, 3.8) is 0 Å². The van der Waals surface area contributed by atoms with Gasteiger partial charge in [-0.05, 0) is 49.7 Å². The number of hydrogen-bond donors (Lipinski definition) is 0. The summed E-state index contributed by atoms with van der Waals surface area (Å²) in [5.41, 5.74) is 3.12. The molecule has 0 saturated carbocycles. The van der Waals surface area contributed by atoms with Gasteiger partial charge in [0.2, 0.25) is 0 Å². The fourth-order valence-corrected chi connectivity index (χ4v) is 2.08. The van der Waals surface area contributed by atoms with Gasteiger partial charge in [-0.15, -0.1) is 0 Å². The van der Waals surface area contributed by atoms with E-state index in [1.165, 1.54) is 38.5 Å². The average molecular weight is 186 g/mol. The zero-order valence-corrected chi connectivity index (χ0v) is 8.71. The van der Waals surface area contributed by atoms with E-state index in [-0.39, 0.29) is 0 Å². The third kappa shape index (κ3) is 2.47. The zero-order valence-electron chi connectivity index (χ0n) is 8.71. The van der Waals surface area contributed by atoms with E-state index < -0.39 is 0 Å². The highest BCUT2D eigenvalue weighted by molar-refractivity contribution is 5.37. The van der Waals surface area contributed by atoms with Crippen LogP contribution in [0.15, 0.2) is 47.6 Å². The Bertz CT molecular complexity index is 268. The summed E-state index contributed by atoms with van der Waals surface area (Å²) in [6.45, 7) is 0. The summed E-state index contributed by atoms with van der Waals surface area (Å²) in [5, 5.41) is 0. The van der Waals surface area contributed by atoms with Gasteiger partial charge in [-0.2, -0.15) is 0 Å². The molecule has 0 aromatic heterocycles. The van der Waals surface area contributed by atoms with Crippen LogP contribution in [-0.2, 0) is 0 Å². The predicted molar refractivity (Wildman–Crippen MR) is 62.1 cm³/mol. The second kappa shape index (κ2) is 4.99. The minimum absolute atomic E-state index is 1.24. The molecule has 0 aromatic carbocycles. The van der Waals surface area contributed by atoms with Gasteiger partial charge in [-0.25, -0.2) is 0 Å². The molecule has 0 aliphatic heterocycles. The molecule has 0 heterocycles. The molecule has 0 amide bonds. The first-order valence-electron chi connectivity index (χ1n) is 5.68. The average Bonchev–Trinajstić information content (AvgIpc) is 2.62. The molecule has 0 aromatic rings. The van der Waals surface area contributed by atoms with Crippen molar-refractivity contribution in [3.05, 3.63) is 47.6 Å². The highest BCUT2D eigenvalue weighted by atomic mass is 14.1. The monoisotopic (exact) mass is 186 g/mol. The molecule has 0 nitrogen and oxygen atoms in total. The third-order valence-corrected chi connectivity index (χ3v) is 2.91. The van der Waals surface area contributed by atoms with Gasteiger partial charge in [0.15, 0.2) is 0 Å². The molecule has 0 spiro atoms. The van der Waals surface area contributed by atoms with Gasteiger partial charge in [0.05, 0.1) is 0 Å². The van der Waals surface area contributed by atoms with Crippen LogP contribution in [0.3, 0.4) is 0 Å². The molecule has 74 valence electrons. The maximum absolute atomic E-state index is 2.30. The quantitative estimate of drug-likeness (QED) is 0.572. The van der Waals surface area contributed by atoms with Gasteiger partial charge >= 0.3 is 0 Å². The van der Waals surface area contributed by atoms with Crippen molar-refractivity contribution in [3.8, 4) is 0 Å². The fraction of sp³-hybridized carbons (Fsp3) is 0.429. The molecule has 2 aliphatic carbocycles. The summed E-state index contributed by atoms with van der Waals surface area (Å²) < 4.78 is 0. The Morgan fingerprint density at radius 1 is 0.714 bits per heavy atom. The van der Waals surface area contributed by atoms with Gasteiger partial charge in [-0.3, -0.25) is 0 Å². The number of hydrogen-bond acceptors (Lipinski definition) is 0. The second-order valence-corrected chi connectivity index (χ2v) is 4.02. The van der Waals surface area contributed by atoms with Crippen LogP contribution in [0.2, 0.25) is 0 Å². The molecule has 14 heavy (non-hydrogen) atoms. The van der Waals surface area contributed by atoms with Crippen LogP contribution in [0.1, 0.15) is 38.5 Å². The van der Waals surface area contributed by atoms with E-state index in [1.54, 1.807) is 11.1 Å². The first-order valence-corrected chi connectivity index (χ1v) is 5.68. The van der Waals surface area contributed by atoms with Crippen LogP contribution in [0.25, 0.3) is 0 Å². The molecular formula is C14H18. The third-order valence-electron chi connectivity index (χ3n) is 2.91. The largest absolute Gasteiger partial charge is 0.0845 e. The lowest BCUT2D eigenvalue weighted by Crippen LogP contribution is -1.89. The first kappa shape index (κ1) is 9.51. The standard InChI is InChI=1S/C14H18/c1-2-6-10-13(9-5-1)14-11-7-3-4-8-12-14/h1,3,5,7,9,11H,2,4,6,8,10,12H2. The van der Waals surface area contributed by atoms with E-state index in [9.17, 15) is 0 Å². The highest BCUT2D eigenvalue weighted by Gasteiger charge is 2.06. The van der Waals surface area contributed by atoms with Crippen LogP contribution in [-0.4, -0.2) is 0 Å². The van der Waals surface area contributed by atoms with Crippen LogP contribution < -0.4 is 0 Å². The van der Waals surface area contributed by atoms with Crippen molar-refractivity contribution in [2.45, 2.75) is 38.5 Å². The van der Waals surface area contributed by atoms with Crippen molar-refractivity contribution in [1.82, 2.24) is 0 Å². The molecule has 2 aliphatic rings. The van der Waals surface area contributed by atoms with Crippen molar-refractivity contribution >= 4 is 0 Å². The summed E-state index contributed by atoms with van der Waals surface area (Å²) in [7, 11) is 0. The van der Waals surface area contributed by atoms with Crippen molar-refractivity contribution in [1.29, 1.82) is 0 Å². The van der Waals surface area contributed by atoms with Crippen LogP contribution >= 0.6 is 0 Å². The van der Waals surface area contributed by atoms with E-state index >= 15 is 0 Å². The van der Waals surface area contributed by atoms with Crippen molar-refractivity contribution in [2.24, 2.45) is 0 Å².